The largest absolute Gasteiger partial charge is 0.459 e. The van der Waals surface area contributed by atoms with Crippen molar-refractivity contribution in [3.05, 3.63) is 47.3 Å². The second-order valence-electron chi connectivity index (χ2n) is 9.45. The normalized spacial score (nSPS) is 25.1. The number of esters is 1. The van der Waals surface area contributed by atoms with Crippen LogP contribution >= 0.6 is 0 Å². The van der Waals surface area contributed by atoms with Gasteiger partial charge in [0.05, 0.1) is 0 Å². The number of amides is 3. The third-order valence-electron chi connectivity index (χ3n) is 7.40. The molecule has 180 valence electrons. The summed E-state index contributed by atoms with van der Waals surface area (Å²) in [6.07, 6.45) is 5.19. The van der Waals surface area contributed by atoms with Crippen molar-refractivity contribution in [2.45, 2.75) is 70.8 Å². The van der Waals surface area contributed by atoms with Gasteiger partial charge in [0.25, 0.3) is 5.91 Å². The highest BCUT2D eigenvalue weighted by molar-refractivity contribution is 6.06. The zero-order chi connectivity index (χ0) is 24.0. The van der Waals surface area contributed by atoms with Crippen LogP contribution in [0.5, 0.6) is 0 Å². The molecule has 3 aliphatic heterocycles. The lowest BCUT2D eigenvalue weighted by Crippen LogP contribution is -2.65. The molecule has 2 fully saturated rings. The number of hydrogen-bond acceptors (Lipinski definition) is 7. The van der Waals surface area contributed by atoms with Crippen molar-refractivity contribution in [3.63, 3.8) is 0 Å². The molecule has 34 heavy (non-hydrogen) atoms. The minimum Gasteiger partial charge on any atom is -0.459 e. The van der Waals surface area contributed by atoms with E-state index in [0.717, 1.165) is 40.7 Å². The van der Waals surface area contributed by atoms with Crippen molar-refractivity contribution in [3.8, 4) is 0 Å². The Kier molecular flexibility index (Phi) is 5.79. The van der Waals surface area contributed by atoms with Crippen molar-refractivity contribution in [2.24, 2.45) is 4.99 Å². The van der Waals surface area contributed by atoms with E-state index in [9.17, 15) is 14.4 Å². The van der Waals surface area contributed by atoms with E-state index in [1.807, 2.05) is 42.2 Å². The Hall–Kier alpha value is -3.36. The molecule has 0 N–H and O–H groups in total. The number of urea groups is 1. The monoisotopic (exact) mass is 465 g/mol. The van der Waals surface area contributed by atoms with Gasteiger partial charge >= 0.3 is 12.0 Å². The van der Waals surface area contributed by atoms with Crippen molar-refractivity contribution in [1.82, 2.24) is 19.6 Å². The molecule has 0 aromatic heterocycles. The minimum atomic E-state index is -0.678. The number of likely N-dealkylation sites (N-methyl/N-ethyl adjacent to an activating group) is 1. The lowest BCUT2D eigenvalue weighted by atomic mass is 9.94. The summed E-state index contributed by atoms with van der Waals surface area (Å²) in [5, 5.41) is 0. The van der Waals surface area contributed by atoms with Crippen LogP contribution < -0.4 is 0 Å². The first-order valence-corrected chi connectivity index (χ1v) is 12.0. The Labute approximate surface area is 199 Å². The lowest BCUT2D eigenvalue weighted by Gasteiger charge is -2.40. The van der Waals surface area contributed by atoms with Crippen LogP contribution in [0.1, 0.15) is 51.5 Å². The van der Waals surface area contributed by atoms with Crippen LogP contribution in [-0.4, -0.2) is 75.3 Å². The van der Waals surface area contributed by atoms with Gasteiger partial charge in [-0.2, -0.15) is 0 Å². The van der Waals surface area contributed by atoms with Crippen LogP contribution in [0.4, 0.5) is 4.79 Å². The maximum atomic E-state index is 13.6. The molecular weight excluding hydrogens is 434 g/mol. The van der Waals surface area contributed by atoms with Crippen LogP contribution in [-0.2, 0) is 20.9 Å². The second-order valence-corrected chi connectivity index (χ2v) is 9.45. The fourth-order valence-corrected chi connectivity index (χ4v) is 5.47. The molecule has 1 saturated carbocycles. The molecule has 1 aliphatic carbocycles. The van der Waals surface area contributed by atoms with E-state index in [-0.39, 0.29) is 6.61 Å². The van der Waals surface area contributed by atoms with Gasteiger partial charge in [-0.3, -0.25) is 19.4 Å². The number of aliphatic imine (C=N–C) groups is 1. The molecule has 2 atom stereocenters. The molecule has 2 unspecified atom stereocenters. The fourth-order valence-electron chi connectivity index (χ4n) is 5.47. The van der Waals surface area contributed by atoms with Crippen LogP contribution in [0.2, 0.25) is 0 Å². The Balaban J connectivity index is 1.34. The van der Waals surface area contributed by atoms with Crippen LogP contribution in [0.3, 0.4) is 0 Å². The lowest BCUT2D eigenvalue weighted by molar-refractivity contribution is -0.151. The van der Waals surface area contributed by atoms with E-state index in [2.05, 4.69) is 11.8 Å². The third kappa shape index (κ3) is 3.63. The summed E-state index contributed by atoms with van der Waals surface area (Å²) in [4.78, 5) is 50.7. The van der Waals surface area contributed by atoms with Gasteiger partial charge in [-0.25, -0.2) is 9.79 Å². The predicted molar refractivity (Wildman–Crippen MR) is 125 cm³/mol. The Morgan fingerprint density at radius 2 is 1.71 bits per heavy atom. The van der Waals surface area contributed by atoms with Crippen LogP contribution in [0.15, 0.2) is 46.7 Å². The SMILES string of the molecule is CC1=C(C)N2C(=NC3C2C(=O)N(CC(=O)OCc2ccccc2)C(=O)N3C)N1C1CCCCC1. The highest BCUT2D eigenvalue weighted by Gasteiger charge is 2.56. The standard InChI is InChI=1S/C25H31N5O4/c1-16-17(2)30-21-22(26-24(30)29(16)19-12-8-5-9-13-19)27(3)25(33)28(23(21)32)14-20(31)34-15-18-10-6-4-7-11-18/h4,6-7,10-11,19,21-22H,5,8-9,12-15H2,1-3H3. The average molecular weight is 466 g/mol. The number of carbonyl (C=O) groups is 3. The van der Waals surface area contributed by atoms with Gasteiger partial charge in [-0.05, 0) is 32.3 Å². The average Bonchev–Trinajstić information content (AvgIpc) is 3.35. The van der Waals surface area contributed by atoms with Crippen molar-refractivity contribution in [2.75, 3.05) is 13.6 Å². The number of benzene rings is 1. The molecule has 4 aliphatic rings. The minimum absolute atomic E-state index is 0.0918. The number of guanidine groups is 1. The third-order valence-corrected chi connectivity index (χ3v) is 7.40. The van der Waals surface area contributed by atoms with Gasteiger partial charge in [-0.1, -0.05) is 49.6 Å². The summed E-state index contributed by atoms with van der Waals surface area (Å²) in [5.74, 6) is -0.287. The maximum Gasteiger partial charge on any atom is 0.328 e. The highest BCUT2D eigenvalue weighted by atomic mass is 16.5. The molecule has 1 aromatic rings. The molecule has 1 saturated heterocycles. The number of hydrogen-bond donors (Lipinski definition) is 0. The molecule has 0 bridgehead atoms. The molecule has 3 heterocycles. The molecule has 1 aromatic carbocycles. The Morgan fingerprint density at radius 1 is 1.03 bits per heavy atom. The number of fused-ring (bicyclic) bond motifs is 3. The van der Waals surface area contributed by atoms with Crippen LogP contribution in [0, 0.1) is 0 Å². The molecule has 9 heteroatoms. The smallest absolute Gasteiger partial charge is 0.328 e. The van der Waals surface area contributed by atoms with E-state index in [1.54, 1.807) is 7.05 Å². The number of rotatable bonds is 5. The van der Waals surface area contributed by atoms with E-state index in [1.165, 1.54) is 24.2 Å². The molecular formula is C25H31N5O4. The molecule has 5 rings (SSSR count). The van der Waals surface area contributed by atoms with Crippen molar-refractivity contribution < 1.29 is 19.1 Å². The first-order valence-electron chi connectivity index (χ1n) is 12.0. The van der Waals surface area contributed by atoms with Gasteiger partial charge in [-0.15, -0.1) is 0 Å². The Morgan fingerprint density at radius 3 is 2.41 bits per heavy atom. The van der Waals surface area contributed by atoms with E-state index in [4.69, 9.17) is 9.73 Å². The number of allylic oxidation sites excluding steroid dienone is 2. The summed E-state index contributed by atoms with van der Waals surface area (Å²) >= 11 is 0. The number of imide groups is 1. The van der Waals surface area contributed by atoms with Gasteiger partial charge in [0.15, 0.2) is 12.2 Å². The zero-order valence-corrected chi connectivity index (χ0v) is 19.9. The summed E-state index contributed by atoms with van der Waals surface area (Å²) < 4.78 is 5.33. The fraction of sp³-hybridized carbons (Fsp3) is 0.520. The van der Waals surface area contributed by atoms with Crippen molar-refractivity contribution >= 4 is 23.9 Å². The first-order chi connectivity index (χ1) is 16.4. The van der Waals surface area contributed by atoms with Crippen molar-refractivity contribution in [1.29, 1.82) is 0 Å². The maximum absolute atomic E-state index is 13.6. The summed E-state index contributed by atoms with van der Waals surface area (Å²) in [7, 11) is 1.64. The van der Waals surface area contributed by atoms with Crippen LogP contribution in [0.25, 0.3) is 0 Å². The summed E-state index contributed by atoms with van der Waals surface area (Å²) in [6, 6.07) is 8.45. The summed E-state index contributed by atoms with van der Waals surface area (Å²) in [5.41, 5.74) is 2.92. The van der Waals surface area contributed by atoms with E-state index < -0.39 is 36.7 Å². The molecule has 0 spiro atoms. The second kappa shape index (κ2) is 8.77. The predicted octanol–water partition coefficient (Wildman–Crippen LogP) is 2.89. The van der Waals surface area contributed by atoms with Gasteiger partial charge in [0, 0.05) is 24.5 Å². The highest BCUT2D eigenvalue weighted by Crippen LogP contribution is 2.40. The Bertz CT molecular complexity index is 1060. The zero-order valence-electron chi connectivity index (χ0n) is 19.9. The summed E-state index contributed by atoms with van der Waals surface area (Å²) in [6.45, 7) is 3.74. The van der Waals surface area contributed by atoms with Gasteiger partial charge in [0.2, 0.25) is 5.96 Å². The molecule has 9 nitrogen and oxygen atoms in total. The number of carbonyl (C=O) groups excluding carboxylic acids is 3. The topological polar surface area (TPSA) is 85.8 Å². The number of nitrogens with zero attached hydrogens (tertiary/aromatic N) is 5. The van der Waals surface area contributed by atoms with E-state index in [0.29, 0.717) is 6.04 Å². The van der Waals surface area contributed by atoms with Gasteiger partial charge < -0.3 is 14.5 Å². The quantitative estimate of drug-likeness (QED) is 0.622. The molecule has 0 radical (unpaired) electrons. The van der Waals surface area contributed by atoms with E-state index >= 15 is 0 Å². The number of ether oxygens (including phenoxy) is 1. The van der Waals surface area contributed by atoms with Gasteiger partial charge in [0.1, 0.15) is 13.2 Å². The first kappa shape index (κ1) is 22.4. The molecule has 3 amide bonds.